The summed E-state index contributed by atoms with van der Waals surface area (Å²) >= 11 is 35.3. The van der Waals surface area contributed by atoms with Crippen LogP contribution >= 0.6 is 119 Å². The van der Waals surface area contributed by atoms with E-state index >= 15 is 0 Å². The Morgan fingerprint density at radius 3 is 1.37 bits per heavy atom. The zero-order valence-electron chi connectivity index (χ0n) is 64.3. The van der Waals surface area contributed by atoms with Gasteiger partial charge in [0.05, 0.1) is 109 Å². The maximum absolute atomic E-state index is 13.4. The van der Waals surface area contributed by atoms with E-state index in [2.05, 4.69) is 130 Å². The molecule has 2 amide bonds. The Morgan fingerprint density at radius 1 is 0.525 bits per heavy atom. The summed E-state index contributed by atoms with van der Waals surface area (Å²) in [4.78, 5) is 57.6. The molecule has 5 fully saturated rings. The molecular formula is C81H73B2Cl6F3I2N17O10P. The molecule has 4 saturated carbocycles. The number of carbonyl (C=O) groups is 3. The minimum Gasteiger partial charge on any atom is -0.469 e. The van der Waals surface area contributed by atoms with Crippen molar-refractivity contribution in [2.45, 2.75) is 94.2 Å². The Kier molecular flexibility index (Phi) is 34.0. The predicted octanol–water partition coefficient (Wildman–Crippen LogP) is 17.5. The first-order valence-corrected chi connectivity index (χ1v) is 45.0. The van der Waals surface area contributed by atoms with Crippen LogP contribution in [0.1, 0.15) is 104 Å². The van der Waals surface area contributed by atoms with Gasteiger partial charge in [0.25, 0.3) is 5.56 Å². The maximum Gasteiger partial charge on any atom is 0.490 e. The minimum absolute atomic E-state index is 0.0556. The molecular weight excluding hydrogens is 1950 g/mol. The Bertz CT molecular complexity index is 6110. The standard InChI is InChI=1S/2C15H12FN3.C10H9ClN2.C8H9NO2.C7H4ClIN2.C7H5ClN2.C7H6N2O.C5H5BFNO2.C4H4INO2.C3H7BO2.Cl3OP/c2*16-12-7-11(8-17-9-12)15-14(10-4-5-10)13-3-1-2-6-19(13)18-15;11-10-9(7-4-5-7)8-3-1-2-6-13(8)12-10;1-11-8(10)6-7-4-2-3-5-9-7;8-7-6(9)5-3-1-2-4-11(5)10-7;8-7-5-6-3-1-2-4-10(6)9-7;10-7-5-6-3-1-2-4-9(6)8-7;7-5-1-4(6(9)10)2-8-3-5;5-6-3(7)1-2-4(6)8;5-4(6)3-1-2-3;1-5(2,3)4/h2*1-3,6-10H,4-5H2;1-3,6-7H,4-5H2;2-5H,6H2,1H3;1-4H;1-5H;1-5H,(H,8,10);1-3,9-10H;1-2H2;3,5-6H,1-2H2;. The van der Waals surface area contributed by atoms with Crippen LogP contribution in [0.5, 0.6) is 0 Å². The molecule has 0 bridgehead atoms. The van der Waals surface area contributed by atoms with Crippen LogP contribution in [-0.4, -0.2) is 140 Å². The highest BCUT2D eigenvalue weighted by Gasteiger charge is 2.35. The fraction of sp³-hybridized carbons (Fsp3) is 0.198. The zero-order chi connectivity index (χ0) is 87.2. The summed E-state index contributed by atoms with van der Waals surface area (Å²) in [5, 5.41) is 56.2. The molecule has 1 aliphatic heterocycles. The number of carbonyl (C=O) groups excluding carboxylic acids is 3. The minimum atomic E-state index is -3.22. The molecule has 0 aromatic carbocycles. The topological polar surface area (TPSA) is 337 Å². The normalized spacial score (nSPS) is 13.6. The van der Waals surface area contributed by atoms with Crippen LogP contribution in [0.15, 0.2) is 243 Å². The van der Waals surface area contributed by atoms with Crippen LogP contribution in [0.3, 0.4) is 0 Å². The largest absolute Gasteiger partial charge is 0.490 e. The SMILES string of the molecule is COC(=O)Cc1ccccn1.Clc1cc2ccccn2n1.Clc1nn2ccccc2c1C1CC1.Clc1nn2ccccc2c1I.Fc1cncc(-c2nn3ccccc3c2C2CC2)c1.Fc1cncc(-c2nn3ccccc3c2C2CC2)c1.O=C1CCC(=O)N1I.O=P(Cl)(Cl)Cl.O=c1cc2ccccn2[nH]1.OB(O)C1CC1.OB(O)c1cncc(F)c1. The number of esters is 1. The Labute approximate surface area is 752 Å². The molecule has 4 aliphatic carbocycles. The third-order valence-corrected chi connectivity index (χ3v) is 21.3. The van der Waals surface area contributed by atoms with Gasteiger partial charge in [-0.05, 0) is 222 Å². The molecule has 27 nitrogen and oxygen atoms in total. The number of rotatable bonds is 9. The first-order valence-electron chi connectivity index (χ1n) is 37.4. The first kappa shape index (κ1) is 93.0. The highest BCUT2D eigenvalue weighted by molar-refractivity contribution is 14.1. The van der Waals surface area contributed by atoms with Gasteiger partial charge < -0.3 is 24.8 Å². The van der Waals surface area contributed by atoms with Crippen LogP contribution in [0.4, 0.5) is 13.2 Å². The van der Waals surface area contributed by atoms with E-state index in [1.165, 1.54) is 93.0 Å². The number of ether oxygens (including phenoxy) is 1. The summed E-state index contributed by atoms with van der Waals surface area (Å²) in [6, 6.07) is 48.3. The molecule has 21 rings (SSSR count). The van der Waals surface area contributed by atoms with Gasteiger partial charge in [0.15, 0.2) is 15.5 Å². The van der Waals surface area contributed by atoms with Crippen LogP contribution < -0.4 is 11.0 Å². The average molecular weight is 2020 g/mol. The van der Waals surface area contributed by atoms with E-state index in [1.54, 1.807) is 79.4 Å². The second kappa shape index (κ2) is 44.6. The van der Waals surface area contributed by atoms with E-state index in [4.69, 9.17) is 54.9 Å². The summed E-state index contributed by atoms with van der Waals surface area (Å²) in [6.07, 6.45) is 31.2. The van der Waals surface area contributed by atoms with Gasteiger partial charge in [-0.1, -0.05) is 90.1 Å². The Morgan fingerprint density at radius 2 is 0.959 bits per heavy atom. The van der Waals surface area contributed by atoms with Gasteiger partial charge in [0.1, 0.15) is 17.5 Å². The molecule has 5 aliphatic rings. The van der Waals surface area contributed by atoms with E-state index in [0.717, 1.165) is 93.1 Å². The number of methoxy groups -OCH3 is 1. The van der Waals surface area contributed by atoms with Gasteiger partial charge in [-0.2, -0.15) is 25.5 Å². The number of hydrogen-bond donors (Lipinski definition) is 5. The summed E-state index contributed by atoms with van der Waals surface area (Å²) < 4.78 is 65.9. The van der Waals surface area contributed by atoms with Crippen molar-refractivity contribution in [1.29, 1.82) is 0 Å². The fourth-order valence-corrected chi connectivity index (χ4v) is 13.6. The lowest BCUT2D eigenvalue weighted by Gasteiger charge is -2.00. The third kappa shape index (κ3) is 27.9. The van der Waals surface area contributed by atoms with Crippen molar-refractivity contribution in [3.05, 3.63) is 308 Å². The Hall–Kier alpha value is -9.66. The van der Waals surface area contributed by atoms with Crippen molar-refractivity contribution in [1.82, 2.24) is 80.7 Å². The van der Waals surface area contributed by atoms with E-state index < -0.39 is 25.3 Å². The molecule has 0 radical (unpaired) electrons. The monoisotopic (exact) mass is 2020 g/mol. The first-order chi connectivity index (χ1) is 58.6. The number of nitrogens with zero attached hydrogens (tertiary/aromatic N) is 16. The van der Waals surface area contributed by atoms with Gasteiger partial charge in [-0.15, -0.1) is 0 Å². The number of hydrogen-bond acceptors (Lipinski definition) is 19. The molecule has 630 valence electrons. The fourth-order valence-electron chi connectivity index (χ4n) is 11.9. The molecule has 0 spiro atoms. The highest BCUT2D eigenvalue weighted by Crippen LogP contribution is 2.61. The van der Waals surface area contributed by atoms with E-state index in [0.29, 0.717) is 46.1 Å². The number of imide groups is 1. The van der Waals surface area contributed by atoms with Crippen LogP contribution in [-0.2, 0) is 30.1 Å². The van der Waals surface area contributed by atoms with Crippen LogP contribution in [0.25, 0.3) is 55.6 Å². The van der Waals surface area contributed by atoms with Crippen molar-refractivity contribution < 1.29 is 57.0 Å². The zero-order valence-corrected chi connectivity index (χ0v) is 74.0. The Balaban J connectivity index is 0.000000134. The number of aromatic amines is 1. The molecule has 16 aromatic heterocycles. The number of aromatic nitrogens is 16. The lowest BCUT2D eigenvalue weighted by Crippen LogP contribution is -2.30. The third-order valence-electron chi connectivity index (χ3n) is 18.1. The van der Waals surface area contributed by atoms with Crippen LogP contribution in [0, 0.1) is 21.0 Å². The summed E-state index contributed by atoms with van der Waals surface area (Å²) in [5.41, 5.74) is 14.0. The maximum atomic E-state index is 13.4. The highest BCUT2D eigenvalue weighted by atomic mass is 127. The number of H-pyrrole nitrogens is 1. The molecule has 41 heteroatoms. The van der Waals surface area contributed by atoms with Crippen LogP contribution in [0.2, 0.25) is 21.3 Å². The van der Waals surface area contributed by atoms with Gasteiger partial charge in [-0.25, -0.2) is 38.9 Å². The van der Waals surface area contributed by atoms with Crippen molar-refractivity contribution in [2.75, 3.05) is 7.11 Å². The number of nitrogens with one attached hydrogen (secondary N) is 1. The number of halogens is 11. The average Bonchev–Trinajstić information content (AvgIpc) is 1.60. The molecule has 17 heterocycles. The van der Waals surface area contributed by atoms with E-state index in [9.17, 15) is 36.9 Å². The van der Waals surface area contributed by atoms with Crippen molar-refractivity contribution in [3.8, 4) is 22.5 Å². The summed E-state index contributed by atoms with van der Waals surface area (Å²) in [6.45, 7) is 0. The lowest BCUT2D eigenvalue weighted by molar-refractivity contribution is -0.140. The molecule has 0 unspecified atom stereocenters. The number of pyridine rings is 10. The smallest absolute Gasteiger partial charge is 0.469 e. The number of amides is 2. The van der Waals surface area contributed by atoms with Gasteiger partial charge in [0.2, 0.25) is 11.8 Å². The lowest BCUT2D eigenvalue weighted by atomic mass is 9.82. The van der Waals surface area contributed by atoms with Gasteiger partial charge >= 0.3 is 25.4 Å². The molecule has 0 atom stereocenters. The van der Waals surface area contributed by atoms with Gasteiger partial charge in [-0.3, -0.25) is 53.3 Å². The predicted molar refractivity (Wildman–Crippen MR) is 481 cm³/mol. The molecule has 122 heavy (non-hydrogen) atoms. The molecule has 5 N–H and O–H groups in total. The molecule has 16 aromatic rings. The van der Waals surface area contributed by atoms with E-state index in [1.807, 2.05) is 148 Å². The van der Waals surface area contributed by atoms with Crippen molar-refractivity contribution in [3.63, 3.8) is 0 Å². The van der Waals surface area contributed by atoms with E-state index in [-0.39, 0.29) is 52.7 Å². The quantitative estimate of drug-likeness (QED) is 0.0224. The second-order valence-corrected chi connectivity index (χ2v) is 37.1. The second-order valence-electron chi connectivity index (χ2n) is 27.3. The molecule has 1 saturated heterocycles. The number of fused-ring (bicyclic) bond motifs is 6. The van der Waals surface area contributed by atoms with Crippen molar-refractivity contribution in [2.24, 2.45) is 0 Å². The van der Waals surface area contributed by atoms with Gasteiger partial charge in [0, 0.05) is 120 Å². The summed E-state index contributed by atoms with van der Waals surface area (Å²) in [5.74, 6) is 0.349. The summed E-state index contributed by atoms with van der Waals surface area (Å²) in [7, 11) is -1.32. The van der Waals surface area contributed by atoms with Crippen molar-refractivity contribution >= 4 is 190 Å².